The first-order valence-electron chi connectivity index (χ1n) is 14.8. The summed E-state index contributed by atoms with van der Waals surface area (Å²) >= 11 is 0. The number of imidazole rings is 1. The second-order valence-electron chi connectivity index (χ2n) is 12.4. The van der Waals surface area contributed by atoms with E-state index in [0.717, 1.165) is 52.5 Å². The first-order valence-corrected chi connectivity index (χ1v) is 14.8. The molecule has 0 spiro atoms. The van der Waals surface area contributed by atoms with Gasteiger partial charge in [0, 0.05) is 72.8 Å². The molecule has 9 rings (SSSR count). The van der Waals surface area contributed by atoms with Gasteiger partial charge >= 0.3 is 0 Å². The Morgan fingerprint density at radius 1 is 1.21 bits per heavy atom. The predicted molar refractivity (Wildman–Crippen MR) is 159 cm³/mol. The number of carbonyl (C=O) groups is 1. The van der Waals surface area contributed by atoms with Crippen molar-refractivity contribution in [3.63, 3.8) is 0 Å². The van der Waals surface area contributed by atoms with E-state index in [1.165, 1.54) is 0 Å². The van der Waals surface area contributed by atoms with E-state index < -0.39 is 11.8 Å². The van der Waals surface area contributed by atoms with Gasteiger partial charge in [0.2, 0.25) is 0 Å². The molecule has 43 heavy (non-hydrogen) atoms. The number of ether oxygens (including phenoxy) is 1. The molecule has 1 unspecified atom stereocenters. The smallest absolute Gasteiger partial charge is 0.254 e. The number of benzene rings is 2. The number of aromatic nitrogens is 5. The van der Waals surface area contributed by atoms with Gasteiger partial charge in [0.1, 0.15) is 11.3 Å². The zero-order valence-electron chi connectivity index (χ0n) is 24.1. The van der Waals surface area contributed by atoms with Gasteiger partial charge in [-0.15, -0.1) is 0 Å². The average molecular weight is 586 g/mol. The lowest BCUT2D eigenvalue weighted by Gasteiger charge is -2.48. The molecule has 2 saturated heterocycles. The van der Waals surface area contributed by atoms with Crippen LogP contribution in [0.2, 0.25) is 0 Å². The van der Waals surface area contributed by atoms with Crippen LogP contribution in [0.1, 0.15) is 36.0 Å². The summed E-state index contributed by atoms with van der Waals surface area (Å²) in [5, 5.41) is 7.89. The minimum Gasteiger partial charge on any atom is -0.494 e. The van der Waals surface area contributed by atoms with Gasteiger partial charge in [-0.25, -0.2) is 13.8 Å². The van der Waals surface area contributed by atoms with Crippen molar-refractivity contribution >= 4 is 27.8 Å². The fraction of sp³-hybridized carbons (Fsp3) is 0.406. The van der Waals surface area contributed by atoms with Gasteiger partial charge in [-0.1, -0.05) is 18.2 Å². The number of nitrogens with zero attached hydrogens (tertiary/aromatic N) is 5. The molecule has 11 heteroatoms. The van der Waals surface area contributed by atoms with E-state index in [2.05, 4.69) is 10.2 Å². The van der Waals surface area contributed by atoms with E-state index in [0.29, 0.717) is 35.1 Å². The number of para-hydroxylation sites is 1. The van der Waals surface area contributed by atoms with Gasteiger partial charge < -0.3 is 24.5 Å². The van der Waals surface area contributed by atoms with E-state index >= 15 is 0 Å². The lowest BCUT2D eigenvalue weighted by molar-refractivity contribution is 0.0261. The molecule has 5 heterocycles. The van der Waals surface area contributed by atoms with Crippen LogP contribution in [0.25, 0.3) is 44.6 Å². The number of amides is 1. The van der Waals surface area contributed by atoms with Crippen LogP contribution >= 0.6 is 0 Å². The molecule has 2 saturated carbocycles. The largest absolute Gasteiger partial charge is 0.494 e. The summed E-state index contributed by atoms with van der Waals surface area (Å²) in [4.78, 5) is 20.8. The Hall–Kier alpha value is -4.25. The fourth-order valence-corrected chi connectivity index (χ4v) is 7.41. The third-order valence-electron chi connectivity index (χ3n) is 9.87. The van der Waals surface area contributed by atoms with Crippen molar-refractivity contribution in [2.45, 2.75) is 50.2 Å². The highest BCUT2D eigenvalue weighted by molar-refractivity contribution is 6.01. The maximum atomic E-state index is 14.3. The van der Waals surface area contributed by atoms with Gasteiger partial charge in [-0.05, 0) is 43.4 Å². The first-order chi connectivity index (χ1) is 20.7. The number of nitrogens with one attached hydrogen (secondary N) is 1. The van der Waals surface area contributed by atoms with Gasteiger partial charge in [0.15, 0.2) is 5.82 Å². The Morgan fingerprint density at radius 3 is 2.72 bits per heavy atom. The number of alkyl halides is 2. The average Bonchev–Trinajstić information content (AvgIpc) is 3.45. The van der Waals surface area contributed by atoms with Crippen LogP contribution in [0.4, 0.5) is 8.78 Å². The topological polar surface area (TPSA) is 107 Å². The summed E-state index contributed by atoms with van der Waals surface area (Å²) in [6.45, 7) is 0.827. The lowest BCUT2D eigenvalue weighted by Crippen LogP contribution is -2.58. The third kappa shape index (κ3) is 4.08. The van der Waals surface area contributed by atoms with Gasteiger partial charge in [0.25, 0.3) is 11.8 Å². The van der Waals surface area contributed by atoms with Crippen LogP contribution in [-0.4, -0.2) is 66.8 Å². The van der Waals surface area contributed by atoms with E-state index in [1.807, 2.05) is 51.4 Å². The standard InChI is InChI=1S/C32H33F2N7O2/c1-39-29-25(8-19(10-27(29)43-2)31(42)40-15-18-6-7-22(40)11-24(18)35)38-30(39)26-9-17-4-3-5-23(20-13-36-37-14-20)28(17)41(26)16-21-12-32(21,33)34/h3-5,8-10,13-14,18,21-22,24H,6-7,11-12,15-16,35H2,1-2H3,(H,36,37)/t18-,21?,22-,24+/m1/s1. The zero-order valence-corrected chi connectivity index (χ0v) is 24.1. The summed E-state index contributed by atoms with van der Waals surface area (Å²) in [5.41, 5.74) is 11.6. The molecule has 2 aliphatic carbocycles. The Morgan fingerprint density at radius 2 is 2.05 bits per heavy atom. The number of hydrogen-bond donors (Lipinski definition) is 2. The molecule has 1 amide bonds. The number of halogens is 2. The molecule has 0 radical (unpaired) electrons. The molecule has 2 aliphatic heterocycles. The van der Waals surface area contributed by atoms with Crippen LogP contribution in [0.3, 0.4) is 0 Å². The van der Waals surface area contributed by atoms with Crippen LogP contribution < -0.4 is 10.5 Å². The number of carbonyl (C=O) groups excluding carboxylic acids is 1. The molecule has 9 nitrogen and oxygen atoms in total. The minimum atomic E-state index is -2.68. The number of H-pyrrole nitrogens is 1. The highest BCUT2D eigenvalue weighted by Gasteiger charge is 2.57. The second-order valence-corrected chi connectivity index (χ2v) is 12.4. The number of aromatic amines is 1. The van der Waals surface area contributed by atoms with Gasteiger partial charge in [-0.3, -0.25) is 9.89 Å². The van der Waals surface area contributed by atoms with Crippen LogP contribution in [-0.2, 0) is 13.6 Å². The molecule has 4 fully saturated rings. The molecule has 2 bridgehead atoms. The molecule has 4 aliphatic rings. The number of aryl methyl sites for hydroxylation is 1. The Balaban J connectivity index is 1.27. The summed E-state index contributed by atoms with van der Waals surface area (Å²) < 4.78 is 38.3. The van der Waals surface area contributed by atoms with Crippen molar-refractivity contribution in [3.05, 3.63) is 54.4 Å². The Bertz CT molecular complexity index is 1890. The molecular formula is C32H33F2N7O2. The number of methoxy groups -OCH3 is 1. The highest BCUT2D eigenvalue weighted by atomic mass is 19.3. The molecular weight excluding hydrogens is 552 g/mol. The summed E-state index contributed by atoms with van der Waals surface area (Å²) in [6.07, 6.45) is 6.27. The summed E-state index contributed by atoms with van der Waals surface area (Å²) in [7, 11) is 3.48. The lowest BCUT2D eigenvalue weighted by atomic mass is 9.76. The Labute approximate surface area is 246 Å². The monoisotopic (exact) mass is 585 g/mol. The van der Waals surface area contributed by atoms with Crippen LogP contribution in [0.5, 0.6) is 5.75 Å². The summed E-state index contributed by atoms with van der Waals surface area (Å²) in [6, 6.07) is 11.8. The van der Waals surface area contributed by atoms with E-state index in [4.69, 9.17) is 15.5 Å². The van der Waals surface area contributed by atoms with Gasteiger partial charge in [-0.2, -0.15) is 5.10 Å². The molecule has 3 aromatic heterocycles. The summed E-state index contributed by atoms with van der Waals surface area (Å²) in [5.74, 6) is -1.99. The predicted octanol–water partition coefficient (Wildman–Crippen LogP) is 5.20. The molecule has 4 atom stereocenters. The molecule has 2 aromatic carbocycles. The van der Waals surface area contributed by atoms with Crippen LogP contribution in [0.15, 0.2) is 48.8 Å². The maximum Gasteiger partial charge on any atom is 0.254 e. The van der Waals surface area contributed by atoms with E-state index in [1.54, 1.807) is 25.6 Å². The first kappa shape index (κ1) is 26.4. The van der Waals surface area contributed by atoms with Crippen molar-refractivity contribution in [2.75, 3.05) is 13.7 Å². The van der Waals surface area contributed by atoms with Crippen molar-refractivity contribution < 1.29 is 18.3 Å². The molecule has 3 N–H and O–H groups in total. The number of hydrogen-bond acceptors (Lipinski definition) is 5. The zero-order chi connectivity index (χ0) is 29.6. The minimum absolute atomic E-state index is 0.0381. The van der Waals surface area contributed by atoms with Crippen molar-refractivity contribution in [2.24, 2.45) is 24.6 Å². The van der Waals surface area contributed by atoms with Crippen molar-refractivity contribution in [1.82, 2.24) is 29.2 Å². The van der Waals surface area contributed by atoms with Crippen molar-refractivity contribution in [1.29, 1.82) is 0 Å². The SMILES string of the molecule is COc1cc(C(=O)N2C[C@H]3CC[C@@H]2C[C@@H]3N)cc2nc(-c3cc4cccc(-c5cn[nH]c5)c4n3CC3CC3(F)F)n(C)c12. The third-order valence-corrected chi connectivity index (χ3v) is 9.87. The number of fused-ring (bicyclic) bond motifs is 5. The molecule has 5 aromatic rings. The maximum absolute atomic E-state index is 14.3. The number of nitrogens with two attached hydrogens (primary N) is 1. The Kier molecular flexibility index (Phi) is 5.75. The van der Waals surface area contributed by atoms with Crippen molar-refractivity contribution in [3.8, 4) is 28.4 Å². The second kappa shape index (κ2) is 9.37. The fourth-order valence-electron chi connectivity index (χ4n) is 7.41. The number of rotatable bonds is 6. The number of piperidine rings is 2. The quantitative estimate of drug-likeness (QED) is 0.285. The molecule has 222 valence electrons. The van der Waals surface area contributed by atoms with Gasteiger partial charge in [0.05, 0.1) is 30.0 Å². The normalized spacial score (nSPS) is 24.3. The van der Waals surface area contributed by atoms with E-state index in [9.17, 15) is 13.6 Å². The highest BCUT2D eigenvalue weighted by Crippen LogP contribution is 2.51. The van der Waals surface area contributed by atoms with E-state index in [-0.39, 0.29) is 31.0 Å². The van der Waals surface area contributed by atoms with Crippen LogP contribution in [0, 0.1) is 11.8 Å².